The second-order valence-corrected chi connectivity index (χ2v) is 8.52. The van der Waals surface area contributed by atoms with Gasteiger partial charge in [-0.25, -0.2) is 8.42 Å². The first kappa shape index (κ1) is 19.1. The van der Waals surface area contributed by atoms with Crippen molar-refractivity contribution in [3.8, 4) is 6.07 Å². The van der Waals surface area contributed by atoms with Crippen molar-refractivity contribution in [2.45, 2.75) is 18.2 Å². The van der Waals surface area contributed by atoms with Gasteiger partial charge in [0.2, 0.25) is 15.9 Å². The molecule has 2 aromatic rings. The van der Waals surface area contributed by atoms with Crippen LogP contribution < -0.4 is 0 Å². The molecule has 1 heterocycles. The average molecular weight is 383 g/mol. The summed E-state index contributed by atoms with van der Waals surface area (Å²) in [4.78, 5) is 14.4. The highest BCUT2D eigenvalue weighted by molar-refractivity contribution is 7.89. The number of aryl methyl sites for hydroxylation is 1. The van der Waals surface area contributed by atoms with Crippen molar-refractivity contribution in [1.29, 1.82) is 5.26 Å². The molecule has 1 aliphatic rings. The first-order valence-corrected chi connectivity index (χ1v) is 10.2. The van der Waals surface area contributed by atoms with Gasteiger partial charge in [-0.15, -0.1) is 0 Å². The lowest BCUT2D eigenvalue weighted by molar-refractivity contribution is -0.131. The molecule has 1 amide bonds. The Bertz CT molecular complexity index is 953. The minimum Gasteiger partial charge on any atom is -0.340 e. The SMILES string of the molecule is Cc1ccc(CC(=O)N2CCN(S(=O)(=O)c3ccc(C#N)cc3)CC2)cc1. The Hall–Kier alpha value is -2.69. The lowest BCUT2D eigenvalue weighted by Gasteiger charge is -2.34. The Morgan fingerprint density at radius 3 is 2.15 bits per heavy atom. The molecule has 1 fully saturated rings. The fourth-order valence-corrected chi connectivity index (χ4v) is 4.44. The molecule has 3 rings (SSSR count). The van der Waals surface area contributed by atoms with Gasteiger partial charge in [0, 0.05) is 26.2 Å². The van der Waals surface area contributed by atoms with Gasteiger partial charge >= 0.3 is 0 Å². The van der Waals surface area contributed by atoms with Crippen LogP contribution in [0.4, 0.5) is 0 Å². The van der Waals surface area contributed by atoms with Crippen molar-refractivity contribution in [3.63, 3.8) is 0 Å². The summed E-state index contributed by atoms with van der Waals surface area (Å²) in [5, 5.41) is 8.83. The molecule has 140 valence electrons. The third kappa shape index (κ3) is 4.35. The smallest absolute Gasteiger partial charge is 0.243 e. The van der Waals surface area contributed by atoms with E-state index in [1.54, 1.807) is 4.90 Å². The molecule has 0 aliphatic carbocycles. The molecule has 0 saturated carbocycles. The summed E-state index contributed by atoms with van der Waals surface area (Å²) >= 11 is 0. The molecule has 0 radical (unpaired) electrons. The topological polar surface area (TPSA) is 81.5 Å². The largest absolute Gasteiger partial charge is 0.340 e. The average Bonchev–Trinajstić information content (AvgIpc) is 2.70. The highest BCUT2D eigenvalue weighted by atomic mass is 32.2. The summed E-state index contributed by atoms with van der Waals surface area (Å²) in [7, 11) is -3.61. The molecular formula is C20H21N3O3S. The van der Waals surface area contributed by atoms with Gasteiger partial charge in [0.15, 0.2) is 0 Å². The number of hydrogen-bond acceptors (Lipinski definition) is 4. The highest BCUT2D eigenvalue weighted by Gasteiger charge is 2.30. The Balaban J connectivity index is 1.61. The molecule has 0 spiro atoms. The minimum absolute atomic E-state index is 0.00859. The maximum absolute atomic E-state index is 12.7. The molecule has 0 N–H and O–H groups in total. The van der Waals surface area contributed by atoms with Crippen molar-refractivity contribution >= 4 is 15.9 Å². The van der Waals surface area contributed by atoms with Crippen LogP contribution in [0.25, 0.3) is 0 Å². The maximum Gasteiger partial charge on any atom is 0.243 e. The van der Waals surface area contributed by atoms with E-state index in [4.69, 9.17) is 5.26 Å². The van der Waals surface area contributed by atoms with Gasteiger partial charge in [-0.05, 0) is 36.8 Å². The van der Waals surface area contributed by atoms with Gasteiger partial charge in [-0.1, -0.05) is 29.8 Å². The first-order valence-electron chi connectivity index (χ1n) is 8.74. The number of benzene rings is 2. The minimum atomic E-state index is -3.61. The Morgan fingerprint density at radius 1 is 1.00 bits per heavy atom. The predicted molar refractivity (Wildman–Crippen MR) is 101 cm³/mol. The number of carbonyl (C=O) groups excluding carboxylic acids is 1. The van der Waals surface area contributed by atoms with Crippen molar-refractivity contribution in [2.75, 3.05) is 26.2 Å². The zero-order valence-corrected chi connectivity index (χ0v) is 15.9. The first-order chi connectivity index (χ1) is 12.9. The third-order valence-electron chi connectivity index (χ3n) is 4.69. The predicted octanol–water partition coefficient (Wildman–Crippen LogP) is 1.94. The number of sulfonamides is 1. The lowest BCUT2D eigenvalue weighted by atomic mass is 10.1. The van der Waals surface area contributed by atoms with Crippen LogP contribution in [0.1, 0.15) is 16.7 Å². The van der Waals surface area contributed by atoms with Crippen LogP contribution in [-0.2, 0) is 21.2 Å². The summed E-state index contributed by atoms with van der Waals surface area (Å²) in [6.07, 6.45) is 0.322. The molecule has 0 unspecified atom stereocenters. The van der Waals surface area contributed by atoms with E-state index in [0.717, 1.165) is 11.1 Å². The fourth-order valence-electron chi connectivity index (χ4n) is 3.02. The highest BCUT2D eigenvalue weighted by Crippen LogP contribution is 2.18. The van der Waals surface area contributed by atoms with Crippen LogP contribution >= 0.6 is 0 Å². The van der Waals surface area contributed by atoms with Crippen molar-refractivity contribution in [3.05, 3.63) is 65.2 Å². The zero-order valence-electron chi connectivity index (χ0n) is 15.1. The van der Waals surface area contributed by atoms with Gasteiger partial charge < -0.3 is 4.90 Å². The number of hydrogen-bond donors (Lipinski definition) is 0. The Labute approximate surface area is 159 Å². The van der Waals surface area contributed by atoms with Gasteiger partial charge in [0.05, 0.1) is 22.9 Å². The molecular weight excluding hydrogens is 362 g/mol. The van der Waals surface area contributed by atoms with Gasteiger partial charge in [0.1, 0.15) is 0 Å². The van der Waals surface area contributed by atoms with Crippen LogP contribution in [0.5, 0.6) is 0 Å². The molecule has 6 nitrogen and oxygen atoms in total. The molecule has 1 saturated heterocycles. The van der Waals surface area contributed by atoms with Crippen LogP contribution in [0.2, 0.25) is 0 Å². The molecule has 0 bridgehead atoms. The quantitative estimate of drug-likeness (QED) is 0.808. The molecule has 27 heavy (non-hydrogen) atoms. The van der Waals surface area contributed by atoms with E-state index in [0.29, 0.717) is 25.1 Å². The molecule has 0 aromatic heterocycles. The summed E-state index contributed by atoms with van der Waals surface area (Å²) in [5.41, 5.74) is 2.52. The molecule has 2 aromatic carbocycles. The third-order valence-corrected chi connectivity index (χ3v) is 6.60. The number of piperazine rings is 1. The van der Waals surface area contributed by atoms with E-state index in [1.165, 1.54) is 28.6 Å². The van der Waals surface area contributed by atoms with E-state index < -0.39 is 10.0 Å². The van der Waals surface area contributed by atoms with Crippen LogP contribution in [-0.4, -0.2) is 49.7 Å². The zero-order chi connectivity index (χ0) is 19.4. The van der Waals surface area contributed by atoms with E-state index in [-0.39, 0.29) is 23.9 Å². The van der Waals surface area contributed by atoms with Gasteiger partial charge in [-0.3, -0.25) is 4.79 Å². The fraction of sp³-hybridized carbons (Fsp3) is 0.300. The second kappa shape index (κ2) is 7.91. The molecule has 1 aliphatic heterocycles. The number of nitriles is 1. The van der Waals surface area contributed by atoms with Crippen LogP contribution in [0.15, 0.2) is 53.4 Å². The van der Waals surface area contributed by atoms with Gasteiger partial charge in [0.25, 0.3) is 0 Å². The molecule has 7 heteroatoms. The summed E-state index contributed by atoms with van der Waals surface area (Å²) < 4.78 is 26.8. The summed E-state index contributed by atoms with van der Waals surface area (Å²) in [5.74, 6) is 0.00859. The van der Waals surface area contributed by atoms with Crippen molar-refractivity contribution in [2.24, 2.45) is 0 Å². The van der Waals surface area contributed by atoms with Crippen molar-refractivity contribution in [1.82, 2.24) is 9.21 Å². The van der Waals surface area contributed by atoms with Crippen LogP contribution in [0.3, 0.4) is 0 Å². The van der Waals surface area contributed by atoms with E-state index in [9.17, 15) is 13.2 Å². The van der Waals surface area contributed by atoms with E-state index in [1.807, 2.05) is 37.3 Å². The van der Waals surface area contributed by atoms with E-state index in [2.05, 4.69) is 0 Å². The Morgan fingerprint density at radius 2 is 1.59 bits per heavy atom. The van der Waals surface area contributed by atoms with E-state index >= 15 is 0 Å². The summed E-state index contributed by atoms with van der Waals surface area (Å²) in [6, 6.07) is 15.7. The van der Waals surface area contributed by atoms with Crippen LogP contribution in [0, 0.1) is 18.3 Å². The standard InChI is InChI=1S/C20H21N3O3S/c1-16-2-4-17(5-3-16)14-20(24)22-10-12-23(13-11-22)27(25,26)19-8-6-18(15-21)7-9-19/h2-9H,10-14H2,1H3. The number of rotatable bonds is 4. The molecule has 0 atom stereocenters. The normalized spacial score (nSPS) is 15.3. The monoisotopic (exact) mass is 383 g/mol. The Kier molecular flexibility index (Phi) is 5.59. The van der Waals surface area contributed by atoms with Gasteiger partial charge in [-0.2, -0.15) is 9.57 Å². The lowest BCUT2D eigenvalue weighted by Crippen LogP contribution is -2.50. The number of amides is 1. The van der Waals surface area contributed by atoms with Crippen molar-refractivity contribution < 1.29 is 13.2 Å². The second-order valence-electron chi connectivity index (χ2n) is 6.58. The number of carbonyl (C=O) groups is 1. The number of nitrogens with zero attached hydrogens (tertiary/aromatic N) is 3. The maximum atomic E-state index is 12.7. The summed E-state index contributed by atoms with van der Waals surface area (Å²) in [6.45, 7) is 3.28.